The summed E-state index contributed by atoms with van der Waals surface area (Å²) in [7, 11) is 0. The highest BCUT2D eigenvalue weighted by Crippen LogP contribution is 2.27. The fraction of sp³-hybridized carbons (Fsp3) is 0.212. The highest BCUT2D eigenvalue weighted by atomic mass is 32.1. The molecular weight excluding hydrogens is 530 g/mol. The Hall–Kier alpha value is -4.56. The highest BCUT2D eigenvalue weighted by Gasteiger charge is 2.17. The van der Waals surface area contributed by atoms with Crippen molar-refractivity contribution in [3.63, 3.8) is 0 Å². The maximum atomic E-state index is 13.4. The van der Waals surface area contributed by atoms with Gasteiger partial charge in [0, 0.05) is 22.9 Å². The van der Waals surface area contributed by atoms with Crippen molar-refractivity contribution < 1.29 is 4.74 Å². The first-order valence-electron chi connectivity index (χ1n) is 13.7. The summed E-state index contributed by atoms with van der Waals surface area (Å²) < 4.78 is 9.54. The lowest BCUT2D eigenvalue weighted by Crippen LogP contribution is -2.23. The molecule has 7 nitrogen and oxygen atoms in total. The fourth-order valence-corrected chi connectivity index (χ4v) is 5.47. The Balaban J connectivity index is 1.40. The van der Waals surface area contributed by atoms with Gasteiger partial charge in [-0.2, -0.15) is 14.6 Å². The number of fused-ring (bicyclic) bond motifs is 1. The molecule has 0 aliphatic rings. The van der Waals surface area contributed by atoms with Gasteiger partial charge in [-0.15, -0.1) is 5.10 Å². The minimum Gasteiger partial charge on any atom is -0.494 e. The lowest BCUT2D eigenvalue weighted by molar-refractivity contribution is 0.317. The van der Waals surface area contributed by atoms with Crippen molar-refractivity contribution in [1.82, 2.24) is 24.4 Å². The summed E-state index contributed by atoms with van der Waals surface area (Å²) in [5.74, 6) is 1.36. The molecule has 3 aromatic carbocycles. The molecule has 0 saturated carbocycles. The molecule has 41 heavy (non-hydrogen) atoms. The summed E-state index contributed by atoms with van der Waals surface area (Å²) in [6.07, 6.45) is 4.78. The Labute approximate surface area is 242 Å². The van der Waals surface area contributed by atoms with Crippen LogP contribution in [0.2, 0.25) is 0 Å². The number of nitrogens with zero attached hydrogens (tertiary/aromatic N) is 5. The molecule has 0 spiro atoms. The molecule has 3 heterocycles. The van der Waals surface area contributed by atoms with E-state index >= 15 is 0 Å². The van der Waals surface area contributed by atoms with Gasteiger partial charge in [0.25, 0.3) is 5.56 Å². The van der Waals surface area contributed by atoms with Crippen molar-refractivity contribution in [2.75, 3.05) is 6.61 Å². The Morgan fingerprint density at radius 1 is 0.902 bits per heavy atom. The zero-order valence-electron chi connectivity index (χ0n) is 23.5. The van der Waals surface area contributed by atoms with Crippen LogP contribution in [0.1, 0.15) is 45.2 Å². The highest BCUT2D eigenvalue weighted by molar-refractivity contribution is 7.15. The predicted octanol–water partition coefficient (Wildman–Crippen LogP) is 6.30. The van der Waals surface area contributed by atoms with Crippen molar-refractivity contribution in [3.8, 4) is 34.1 Å². The molecule has 0 amide bonds. The van der Waals surface area contributed by atoms with E-state index in [2.05, 4.69) is 49.9 Å². The van der Waals surface area contributed by atoms with E-state index in [0.29, 0.717) is 21.9 Å². The van der Waals surface area contributed by atoms with Crippen molar-refractivity contribution in [3.05, 3.63) is 111 Å². The molecule has 0 saturated heterocycles. The topological polar surface area (TPSA) is 74.3 Å². The molecule has 0 bridgehead atoms. The lowest BCUT2D eigenvalue weighted by atomic mass is 9.87. The van der Waals surface area contributed by atoms with Crippen LogP contribution in [0.5, 0.6) is 5.75 Å². The molecule has 0 unspecified atom stereocenters. The van der Waals surface area contributed by atoms with Gasteiger partial charge in [0.1, 0.15) is 11.4 Å². The molecule has 6 rings (SSSR count). The summed E-state index contributed by atoms with van der Waals surface area (Å²) in [4.78, 5) is 18.7. The van der Waals surface area contributed by atoms with Crippen molar-refractivity contribution in [1.29, 1.82) is 0 Å². The van der Waals surface area contributed by atoms with Crippen molar-refractivity contribution in [2.24, 2.45) is 0 Å². The van der Waals surface area contributed by atoms with Crippen molar-refractivity contribution in [2.45, 2.75) is 39.5 Å². The zero-order chi connectivity index (χ0) is 28.6. The van der Waals surface area contributed by atoms with E-state index in [4.69, 9.17) is 9.84 Å². The molecule has 6 aromatic rings. The molecule has 0 N–H and O–H groups in total. The maximum Gasteiger partial charge on any atom is 0.291 e. The Kier molecular flexibility index (Phi) is 7.01. The molecule has 8 heteroatoms. The van der Waals surface area contributed by atoms with Crippen LogP contribution < -0.4 is 14.8 Å². The molecule has 206 valence electrons. The third kappa shape index (κ3) is 5.43. The minimum atomic E-state index is -0.197. The summed E-state index contributed by atoms with van der Waals surface area (Å²) in [6, 6.07) is 26.0. The maximum absolute atomic E-state index is 13.4. The Morgan fingerprint density at radius 2 is 1.61 bits per heavy atom. The number of rotatable bonds is 7. The zero-order valence-corrected chi connectivity index (χ0v) is 24.4. The number of thiazole rings is 1. The van der Waals surface area contributed by atoms with Crippen LogP contribution in [-0.4, -0.2) is 31.0 Å². The SMILES string of the molecule is CCCOc1ccc(-c2nn(-c3ccccc3)cc2/C=c2\sc3nc(-c4ccc(C(C)(C)C)cc4)nn3c2=O)cc1. The first-order valence-corrected chi connectivity index (χ1v) is 14.5. The summed E-state index contributed by atoms with van der Waals surface area (Å²) in [5, 5.41) is 9.45. The standard InChI is InChI=1S/C33H31N5O2S/c1-5-19-40-27-17-13-22(14-18-27)29-24(21-37(35-29)26-9-7-6-8-10-26)20-28-31(39)38-32(41-28)34-30(36-38)23-11-15-25(16-12-23)33(2,3)4/h6-18,20-21H,5,19H2,1-4H3/b28-20-. The van der Waals surface area contributed by atoms with Gasteiger partial charge < -0.3 is 4.74 Å². The molecule has 0 aliphatic carbocycles. The van der Waals surface area contributed by atoms with E-state index in [0.717, 1.165) is 40.2 Å². The molecule has 0 atom stereocenters. The Morgan fingerprint density at radius 3 is 2.27 bits per heavy atom. The van der Waals surface area contributed by atoms with Gasteiger partial charge in [-0.25, -0.2) is 4.68 Å². The van der Waals surface area contributed by atoms with Crippen LogP contribution in [0.15, 0.2) is 89.9 Å². The number of benzene rings is 3. The van der Waals surface area contributed by atoms with Gasteiger partial charge in [-0.05, 0) is 59.9 Å². The smallest absolute Gasteiger partial charge is 0.291 e. The van der Waals surface area contributed by atoms with Crippen LogP contribution in [-0.2, 0) is 5.41 Å². The summed E-state index contributed by atoms with van der Waals surface area (Å²) in [5.41, 5.74) is 5.45. The molecule has 3 aromatic heterocycles. The van der Waals surface area contributed by atoms with Crippen LogP contribution in [0.3, 0.4) is 0 Å². The van der Waals surface area contributed by atoms with Crippen LogP contribution in [0.25, 0.3) is 39.4 Å². The number of hydrogen-bond acceptors (Lipinski definition) is 6. The number of aromatic nitrogens is 5. The van der Waals surface area contributed by atoms with Gasteiger partial charge >= 0.3 is 0 Å². The summed E-state index contributed by atoms with van der Waals surface area (Å²) in [6.45, 7) is 9.30. The Bertz CT molecular complexity index is 1910. The third-order valence-corrected chi connectivity index (χ3v) is 7.80. The first kappa shape index (κ1) is 26.7. The lowest BCUT2D eigenvalue weighted by Gasteiger charge is -2.18. The average Bonchev–Trinajstić information content (AvgIpc) is 3.67. The second kappa shape index (κ2) is 10.8. The number of para-hydroxylation sites is 1. The second-order valence-electron chi connectivity index (χ2n) is 11.0. The van der Waals surface area contributed by atoms with Crippen LogP contribution in [0.4, 0.5) is 0 Å². The van der Waals surface area contributed by atoms with E-state index in [9.17, 15) is 4.79 Å². The number of ether oxygens (including phenoxy) is 1. The minimum absolute atomic E-state index is 0.0610. The van der Waals surface area contributed by atoms with Crippen LogP contribution in [0, 0.1) is 0 Å². The average molecular weight is 562 g/mol. The molecule has 0 aliphatic heterocycles. The van der Waals surface area contributed by atoms with Gasteiger partial charge in [0.2, 0.25) is 4.96 Å². The first-order chi connectivity index (χ1) is 19.8. The van der Waals surface area contributed by atoms with Gasteiger partial charge in [-0.3, -0.25) is 4.79 Å². The van der Waals surface area contributed by atoms with Crippen LogP contribution >= 0.6 is 11.3 Å². The van der Waals surface area contributed by atoms with Crippen molar-refractivity contribution >= 4 is 22.4 Å². The van der Waals surface area contributed by atoms with Gasteiger partial charge in [0.15, 0.2) is 5.82 Å². The second-order valence-corrected chi connectivity index (χ2v) is 12.0. The quantitative estimate of drug-likeness (QED) is 0.229. The van der Waals surface area contributed by atoms with E-state index in [-0.39, 0.29) is 11.0 Å². The summed E-state index contributed by atoms with van der Waals surface area (Å²) >= 11 is 1.33. The largest absolute Gasteiger partial charge is 0.494 e. The third-order valence-electron chi connectivity index (χ3n) is 6.84. The normalized spacial score (nSPS) is 12.3. The monoisotopic (exact) mass is 561 g/mol. The predicted molar refractivity (Wildman–Crippen MR) is 165 cm³/mol. The molecule has 0 fully saturated rings. The number of hydrogen-bond donors (Lipinski definition) is 0. The van der Waals surface area contributed by atoms with E-state index in [1.54, 1.807) is 0 Å². The van der Waals surface area contributed by atoms with E-state index < -0.39 is 0 Å². The van der Waals surface area contributed by atoms with E-state index in [1.165, 1.54) is 21.4 Å². The fourth-order valence-electron chi connectivity index (χ4n) is 4.58. The van der Waals surface area contributed by atoms with Gasteiger partial charge in [0.05, 0.1) is 16.8 Å². The molecule has 0 radical (unpaired) electrons. The van der Waals surface area contributed by atoms with Gasteiger partial charge in [-0.1, -0.05) is 81.5 Å². The molecular formula is C33H31N5O2S. The van der Waals surface area contributed by atoms with E-state index in [1.807, 2.05) is 83.7 Å².